The third-order valence-electron chi connectivity index (χ3n) is 2.79. The zero-order chi connectivity index (χ0) is 13.4. The third kappa shape index (κ3) is 2.08. The van der Waals surface area contributed by atoms with Gasteiger partial charge in [0.05, 0.1) is 17.5 Å². The Kier molecular flexibility index (Phi) is 2.76. The second-order valence-electron chi connectivity index (χ2n) is 4.12. The number of aromatic nitrogens is 3. The maximum atomic E-state index is 5.93. The van der Waals surface area contributed by atoms with Gasteiger partial charge in [-0.3, -0.25) is 0 Å². The number of nitrogens with zero attached hydrogens (tertiary/aromatic N) is 3. The van der Waals surface area contributed by atoms with Crippen LogP contribution < -0.4 is 10.5 Å². The number of rotatable bonds is 2. The fourth-order valence-corrected chi connectivity index (χ4v) is 1.98. The van der Waals surface area contributed by atoms with E-state index in [4.69, 9.17) is 22.1 Å². The first kappa shape index (κ1) is 11.8. The molecule has 0 spiro atoms. The van der Waals surface area contributed by atoms with Crippen LogP contribution in [0.4, 0.5) is 5.69 Å². The average molecular weight is 275 g/mol. The van der Waals surface area contributed by atoms with Gasteiger partial charge in [-0.2, -0.15) is 0 Å². The Bertz CT molecular complexity index is 753. The summed E-state index contributed by atoms with van der Waals surface area (Å²) in [6.45, 7) is 0. The molecule has 3 rings (SSSR count). The van der Waals surface area contributed by atoms with Crippen molar-refractivity contribution in [2.75, 3.05) is 5.73 Å². The summed E-state index contributed by atoms with van der Waals surface area (Å²) in [5.41, 5.74) is 7.97. The first-order chi connectivity index (χ1) is 9.15. The van der Waals surface area contributed by atoms with Crippen LogP contribution in [0.5, 0.6) is 11.6 Å². The lowest BCUT2D eigenvalue weighted by molar-refractivity contribution is 0.470. The fourth-order valence-electron chi connectivity index (χ4n) is 1.81. The van der Waals surface area contributed by atoms with Crippen LogP contribution >= 0.6 is 11.6 Å². The van der Waals surface area contributed by atoms with E-state index in [1.165, 1.54) is 0 Å². The SMILES string of the molecule is Cn1cnc2c(Oc3cc(Cl)ccc3N)nccc21. The molecule has 2 N–H and O–H groups in total. The Hall–Kier alpha value is -2.27. The highest BCUT2D eigenvalue weighted by Crippen LogP contribution is 2.31. The number of pyridine rings is 1. The maximum Gasteiger partial charge on any atom is 0.247 e. The predicted molar refractivity (Wildman–Crippen MR) is 74.4 cm³/mol. The number of anilines is 1. The quantitative estimate of drug-likeness (QED) is 0.730. The summed E-state index contributed by atoms with van der Waals surface area (Å²) < 4.78 is 7.61. The molecule has 96 valence electrons. The molecule has 0 amide bonds. The van der Waals surface area contributed by atoms with Crippen LogP contribution in [0.1, 0.15) is 0 Å². The number of fused-ring (bicyclic) bond motifs is 1. The molecule has 0 saturated carbocycles. The fraction of sp³-hybridized carbons (Fsp3) is 0.0769. The molecule has 1 aromatic carbocycles. The summed E-state index contributed by atoms with van der Waals surface area (Å²) in [5.74, 6) is 0.880. The van der Waals surface area contributed by atoms with Gasteiger partial charge in [0.1, 0.15) is 0 Å². The molecule has 0 aliphatic heterocycles. The summed E-state index contributed by atoms with van der Waals surface area (Å²) in [7, 11) is 1.91. The van der Waals surface area contributed by atoms with E-state index < -0.39 is 0 Å². The number of imidazole rings is 1. The number of hydrogen-bond donors (Lipinski definition) is 1. The van der Waals surface area contributed by atoms with Gasteiger partial charge in [0.15, 0.2) is 11.3 Å². The normalized spacial score (nSPS) is 10.8. The van der Waals surface area contributed by atoms with Crippen LogP contribution in [0.2, 0.25) is 5.02 Å². The zero-order valence-electron chi connectivity index (χ0n) is 10.2. The van der Waals surface area contributed by atoms with Gasteiger partial charge in [-0.25, -0.2) is 9.97 Å². The topological polar surface area (TPSA) is 66.0 Å². The molecule has 0 aliphatic carbocycles. The highest BCUT2D eigenvalue weighted by Gasteiger charge is 2.11. The van der Waals surface area contributed by atoms with E-state index in [1.54, 1.807) is 30.7 Å². The second-order valence-corrected chi connectivity index (χ2v) is 4.56. The minimum Gasteiger partial charge on any atom is -0.435 e. The monoisotopic (exact) mass is 274 g/mol. The minimum atomic E-state index is 0.409. The van der Waals surface area contributed by atoms with E-state index in [1.807, 2.05) is 17.7 Å². The number of aryl methyl sites for hydroxylation is 1. The van der Waals surface area contributed by atoms with Gasteiger partial charge in [0, 0.05) is 24.3 Å². The largest absolute Gasteiger partial charge is 0.435 e. The number of nitrogen functional groups attached to an aromatic ring is 1. The first-order valence-electron chi connectivity index (χ1n) is 5.64. The van der Waals surface area contributed by atoms with Crippen molar-refractivity contribution in [3.8, 4) is 11.6 Å². The first-order valence-corrected chi connectivity index (χ1v) is 6.02. The van der Waals surface area contributed by atoms with Gasteiger partial charge in [-0.1, -0.05) is 11.6 Å². The molecule has 0 saturated heterocycles. The smallest absolute Gasteiger partial charge is 0.247 e. The molecule has 5 nitrogen and oxygen atoms in total. The average Bonchev–Trinajstić information content (AvgIpc) is 2.77. The number of nitrogens with two attached hydrogens (primary N) is 1. The molecule has 2 heterocycles. The number of halogens is 1. The van der Waals surface area contributed by atoms with E-state index in [0.717, 1.165) is 5.52 Å². The van der Waals surface area contributed by atoms with Crippen LogP contribution in [0, 0.1) is 0 Å². The van der Waals surface area contributed by atoms with Crippen LogP contribution in [0.25, 0.3) is 11.0 Å². The van der Waals surface area contributed by atoms with Gasteiger partial charge >= 0.3 is 0 Å². The molecular formula is C13H11ClN4O. The zero-order valence-corrected chi connectivity index (χ0v) is 10.9. The Morgan fingerprint density at radius 2 is 2.11 bits per heavy atom. The minimum absolute atomic E-state index is 0.409. The van der Waals surface area contributed by atoms with E-state index in [0.29, 0.717) is 27.9 Å². The van der Waals surface area contributed by atoms with Crippen molar-refractivity contribution in [2.45, 2.75) is 0 Å². The number of benzene rings is 1. The molecular weight excluding hydrogens is 264 g/mol. The van der Waals surface area contributed by atoms with Crippen molar-refractivity contribution in [1.29, 1.82) is 0 Å². The van der Waals surface area contributed by atoms with Crippen LogP contribution in [0.3, 0.4) is 0 Å². The lowest BCUT2D eigenvalue weighted by Crippen LogP contribution is -1.94. The van der Waals surface area contributed by atoms with Crippen molar-refractivity contribution in [2.24, 2.45) is 7.05 Å². The molecule has 0 radical (unpaired) electrons. The van der Waals surface area contributed by atoms with E-state index >= 15 is 0 Å². The summed E-state index contributed by atoms with van der Waals surface area (Å²) in [4.78, 5) is 8.46. The molecule has 0 unspecified atom stereocenters. The van der Waals surface area contributed by atoms with Crippen molar-refractivity contribution in [3.05, 3.63) is 41.8 Å². The lowest BCUT2D eigenvalue weighted by Gasteiger charge is -2.08. The van der Waals surface area contributed by atoms with Gasteiger partial charge in [0.25, 0.3) is 0 Å². The molecule has 0 fully saturated rings. The Labute approximate surface area is 114 Å². The van der Waals surface area contributed by atoms with Gasteiger partial charge in [0.2, 0.25) is 5.88 Å². The molecule has 2 aromatic heterocycles. The molecule has 0 bridgehead atoms. The maximum absolute atomic E-state index is 5.93. The van der Waals surface area contributed by atoms with E-state index in [-0.39, 0.29) is 0 Å². The van der Waals surface area contributed by atoms with E-state index in [2.05, 4.69) is 9.97 Å². The van der Waals surface area contributed by atoms with Crippen molar-refractivity contribution < 1.29 is 4.74 Å². The van der Waals surface area contributed by atoms with Crippen LogP contribution in [0.15, 0.2) is 36.8 Å². The highest BCUT2D eigenvalue weighted by atomic mass is 35.5. The van der Waals surface area contributed by atoms with Crippen LogP contribution in [-0.4, -0.2) is 14.5 Å². The molecule has 3 aromatic rings. The standard InChI is InChI=1S/C13H11ClN4O/c1-18-7-17-12-10(18)4-5-16-13(12)19-11-6-8(14)2-3-9(11)15/h2-7H,15H2,1H3. The van der Waals surface area contributed by atoms with Crippen molar-refractivity contribution >= 4 is 28.3 Å². The Morgan fingerprint density at radius 3 is 2.95 bits per heavy atom. The number of hydrogen-bond acceptors (Lipinski definition) is 4. The number of ether oxygens (including phenoxy) is 1. The van der Waals surface area contributed by atoms with Crippen molar-refractivity contribution in [3.63, 3.8) is 0 Å². The summed E-state index contributed by atoms with van der Waals surface area (Å²) in [6.07, 6.45) is 3.38. The molecule has 6 heteroatoms. The second kappa shape index (κ2) is 4.44. The Balaban J connectivity index is 2.08. The third-order valence-corrected chi connectivity index (χ3v) is 3.03. The Morgan fingerprint density at radius 1 is 1.26 bits per heavy atom. The highest BCUT2D eigenvalue weighted by molar-refractivity contribution is 6.30. The van der Waals surface area contributed by atoms with E-state index in [9.17, 15) is 0 Å². The van der Waals surface area contributed by atoms with Gasteiger partial charge < -0.3 is 15.0 Å². The molecule has 0 aliphatic rings. The predicted octanol–water partition coefficient (Wildman–Crippen LogP) is 3.00. The summed E-state index contributed by atoms with van der Waals surface area (Å²) >= 11 is 5.93. The molecule has 0 atom stereocenters. The van der Waals surface area contributed by atoms with Gasteiger partial charge in [-0.05, 0) is 18.2 Å². The lowest BCUT2D eigenvalue weighted by atomic mass is 10.3. The summed E-state index contributed by atoms with van der Waals surface area (Å²) in [5, 5.41) is 0.553. The van der Waals surface area contributed by atoms with Crippen molar-refractivity contribution in [1.82, 2.24) is 14.5 Å². The summed E-state index contributed by atoms with van der Waals surface area (Å²) in [6, 6.07) is 6.92. The van der Waals surface area contributed by atoms with Crippen LogP contribution in [-0.2, 0) is 7.05 Å². The van der Waals surface area contributed by atoms with Gasteiger partial charge in [-0.15, -0.1) is 0 Å². The molecule has 19 heavy (non-hydrogen) atoms.